The number of nitrogens with zero attached hydrogens (tertiary/aromatic N) is 2. The zero-order valence-electron chi connectivity index (χ0n) is 24.4. The van der Waals surface area contributed by atoms with Crippen LogP contribution >= 0.6 is 0 Å². The largest absolute Gasteiger partial charge is 0.349 e. The van der Waals surface area contributed by atoms with Crippen LogP contribution < -0.4 is 5.32 Å². The molecule has 4 aromatic rings. The monoisotopic (exact) mass is 557 g/mol. The molecule has 5 nitrogen and oxygen atoms in total. The van der Waals surface area contributed by atoms with Gasteiger partial charge in [0, 0.05) is 47.3 Å². The normalized spacial score (nSPS) is 23.2. The molecule has 2 atom stereocenters. The van der Waals surface area contributed by atoms with Crippen LogP contribution in [0.15, 0.2) is 79.0 Å². The van der Waals surface area contributed by atoms with E-state index in [2.05, 4.69) is 33.4 Å². The van der Waals surface area contributed by atoms with Gasteiger partial charge in [-0.3, -0.25) is 19.5 Å². The van der Waals surface area contributed by atoms with Crippen LogP contribution in [0.1, 0.15) is 100.0 Å². The number of rotatable bonds is 8. The Kier molecular flexibility index (Phi) is 7.37. The molecule has 2 bridgehead atoms. The Balaban J connectivity index is 0.928. The minimum absolute atomic E-state index is 0.0180. The zero-order valence-corrected chi connectivity index (χ0v) is 24.4. The molecule has 1 N–H and O–H groups in total. The third-order valence-electron chi connectivity index (χ3n) is 10.0. The van der Waals surface area contributed by atoms with E-state index in [4.69, 9.17) is 0 Å². The molecule has 1 saturated heterocycles. The minimum Gasteiger partial charge on any atom is -0.349 e. The first kappa shape index (κ1) is 27.0. The Bertz CT molecular complexity index is 1620. The van der Waals surface area contributed by atoms with Crippen molar-refractivity contribution < 1.29 is 9.59 Å². The van der Waals surface area contributed by atoms with Gasteiger partial charge >= 0.3 is 0 Å². The highest BCUT2D eigenvalue weighted by Crippen LogP contribution is 2.53. The van der Waals surface area contributed by atoms with Crippen molar-refractivity contribution in [3.63, 3.8) is 0 Å². The van der Waals surface area contributed by atoms with E-state index < -0.39 is 0 Å². The van der Waals surface area contributed by atoms with E-state index in [0.29, 0.717) is 24.4 Å². The Morgan fingerprint density at radius 3 is 2.45 bits per heavy atom. The van der Waals surface area contributed by atoms with Crippen LogP contribution in [0.25, 0.3) is 10.9 Å². The minimum atomic E-state index is 0.0180. The molecule has 2 fully saturated rings. The number of benzene rings is 3. The van der Waals surface area contributed by atoms with E-state index in [1.807, 2.05) is 61.5 Å². The lowest BCUT2D eigenvalue weighted by molar-refractivity contribution is 0.0919. The molecule has 1 amide bonds. The van der Waals surface area contributed by atoms with Gasteiger partial charge in [-0.1, -0.05) is 54.6 Å². The summed E-state index contributed by atoms with van der Waals surface area (Å²) in [4.78, 5) is 33.4. The highest BCUT2D eigenvalue weighted by Gasteiger charge is 2.43. The molecule has 42 heavy (non-hydrogen) atoms. The zero-order chi connectivity index (χ0) is 28.6. The number of aryl methyl sites for hydroxylation is 1. The van der Waals surface area contributed by atoms with Crippen LogP contribution in [0.3, 0.4) is 0 Å². The fourth-order valence-corrected chi connectivity index (χ4v) is 7.77. The molecular weight excluding hydrogens is 518 g/mol. The van der Waals surface area contributed by atoms with Crippen molar-refractivity contribution in [2.24, 2.45) is 5.92 Å². The smallest absolute Gasteiger partial charge is 0.252 e. The topological polar surface area (TPSA) is 62.3 Å². The Morgan fingerprint density at radius 1 is 0.857 bits per heavy atom. The highest BCUT2D eigenvalue weighted by atomic mass is 16.1. The number of Topliss-reactive ketones (excluding diaryl/α,β-unsaturated/α-hetero) is 1. The second kappa shape index (κ2) is 11.4. The predicted molar refractivity (Wildman–Crippen MR) is 167 cm³/mol. The van der Waals surface area contributed by atoms with Crippen LogP contribution in [-0.4, -0.2) is 34.2 Å². The Labute approximate surface area is 248 Å². The lowest BCUT2D eigenvalue weighted by atomic mass is 9.84. The summed E-state index contributed by atoms with van der Waals surface area (Å²) in [5, 5.41) is 4.25. The molecule has 1 saturated carbocycles. The molecule has 3 heterocycles. The van der Waals surface area contributed by atoms with Crippen molar-refractivity contribution in [2.45, 2.75) is 76.4 Å². The molecule has 2 aliphatic heterocycles. The third-order valence-corrected chi connectivity index (χ3v) is 10.0. The first-order valence-corrected chi connectivity index (χ1v) is 15.7. The SMILES string of the molecule is Cc1ccc(C(=O)N[C@H]2CC[C@H](CCN3[C@@H]4CC[C@H]3c3ccc(C(=O)Cc5ccccc5)cc34)CC2)c2cccnc12. The first-order valence-electron chi connectivity index (χ1n) is 15.7. The maximum Gasteiger partial charge on any atom is 0.252 e. The number of amides is 1. The van der Waals surface area contributed by atoms with Gasteiger partial charge in [0.1, 0.15) is 0 Å². The molecule has 3 aliphatic rings. The molecule has 7 rings (SSSR count). The summed E-state index contributed by atoms with van der Waals surface area (Å²) >= 11 is 0. The molecule has 1 aliphatic carbocycles. The summed E-state index contributed by atoms with van der Waals surface area (Å²) in [6, 6.07) is 25.5. The summed E-state index contributed by atoms with van der Waals surface area (Å²) in [6.07, 6.45) is 10.3. The van der Waals surface area contributed by atoms with Gasteiger partial charge in [-0.05, 0) is 105 Å². The summed E-state index contributed by atoms with van der Waals surface area (Å²) < 4.78 is 0. The number of aromatic nitrogens is 1. The van der Waals surface area contributed by atoms with E-state index >= 15 is 0 Å². The molecule has 1 aromatic heterocycles. The first-order chi connectivity index (χ1) is 20.5. The lowest BCUT2D eigenvalue weighted by Crippen LogP contribution is -2.38. The second-order valence-corrected chi connectivity index (χ2v) is 12.6. The Morgan fingerprint density at radius 2 is 1.64 bits per heavy atom. The summed E-state index contributed by atoms with van der Waals surface area (Å²) in [7, 11) is 0. The third kappa shape index (κ3) is 5.15. The van der Waals surface area contributed by atoms with Gasteiger partial charge in [-0.15, -0.1) is 0 Å². The van der Waals surface area contributed by atoms with Crippen molar-refractivity contribution in [1.29, 1.82) is 0 Å². The fraction of sp³-hybridized carbons (Fsp3) is 0.378. The Hall–Kier alpha value is -3.83. The number of hydrogen-bond acceptors (Lipinski definition) is 4. The fourth-order valence-electron chi connectivity index (χ4n) is 7.77. The standard InChI is InChI=1S/C37H39N3O2/c1-24-9-15-31(30-8-5-20-38-36(24)30)37(42)39-28-13-10-25(11-14-28)19-21-40-33-17-18-34(40)32-23-27(12-16-29(32)33)35(41)22-26-6-3-2-4-7-26/h2-9,12,15-16,20,23,25,28,33-34H,10-11,13-14,17-19,21-22H2,1H3,(H,39,42)/t25-,28-,33-,34+/m0/s1. The number of pyridine rings is 1. The average Bonchev–Trinajstić information content (AvgIpc) is 3.57. The van der Waals surface area contributed by atoms with Gasteiger partial charge in [-0.2, -0.15) is 0 Å². The number of carbonyl (C=O) groups excluding carboxylic acids is 2. The van der Waals surface area contributed by atoms with Gasteiger partial charge < -0.3 is 5.32 Å². The summed E-state index contributed by atoms with van der Waals surface area (Å²) in [6.45, 7) is 3.15. The molecular formula is C37H39N3O2. The van der Waals surface area contributed by atoms with Gasteiger partial charge in [0.25, 0.3) is 5.91 Å². The van der Waals surface area contributed by atoms with Crippen molar-refractivity contribution >= 4 is 22.6 Å². The van der Waals surface area contributed by atoms with Crippen molar-refractivity contribution in [1.82, 2.24) is 15.2 Å². The van der Waals surface area contributed by atoms with Crippen LogP contribution in [0.4, 0.5) is 0 Å². The van der Waals surface area contributed by atoms with E-state index in [1.165, 1.54) is 30.4 Å². The van der Waals surface area contributed by atoms with Gasteiger partial charge in [0.05, 0.1) is 5.52 Å². The molecule has 3 aromatic carbocycles. The summed E-state index contributed by atoms with van der Waals surface area (Å²) in [5.74, 6) is 0.924. The molecule has 5 heteroatoms. The van der Waals surface area contributed by atoms with Crippen LogP contribution in [0, 0.1) is 12.8 Å². The van der Waals surface area contributed by atoms with E-state index in [9.17, 15) is 9.59 Å². The number of carbonyl (C=O) groups is 2. The van der Waals surface area contributed by atoms with Crippen molar-refractivity contribution in [3.8, 4) is 0 Å². The van der Waals surface area contributed by atoms with Crippen molar-refractivity contribution in [3.05, 3.63) is 112 Å². The number of fused-ring (bicyclic) bond motifs is 6. The number of hydrogen-bond donors (Lipinski definition) is 1. The van der Waals surface area contributed by atoms with Crippen molar-refractivity contribution in [2.75, 3.05) is 6.54 Å². The van der Waals surface area contributed by atoms with Crippen LogP contribution in [0.2, 0.25) is 0 Å². The molecule has 0 spiro atoms. The summed E-state index contributed by atoms with van der Waals surface area (Å²) in [5.41, 5.74) is 7.46. The number of nitrogens with one attached hydrogen (secondary N) is 1. The highest BCUT2D eigenvalue weighted by molar-refractivity contribution is 6.07. The van der Waals surface area contributed by atoms with E-state index in [0.717, 1.165) is 65.4 Å². The maximum atomic E-state index is 13.2. The number of ketones is 1. The maximum absolute atomic E-state index is 13.2. The van der Waals surface area contributed by atoms with Crippen LogP contribution in [0.5, 0.6) is 0 Å². The molecule has 0 radical (unpaired) electrons. The van der Waals surface area contributed by atoms with E-state index in [-0.39, 0.29) is 17.7 Å². The molecule has 0 unspecified atom stereocenters. The molecule has 214 valence electrons. The average molecular weight is 558 g/mol. The second-order valence-electron chi connectivity index (χ2n) is 12.6. The van der Waals surface area contributed by atoms with Gasteiger partial charge in [0.2, 0.25) is 0 Å². The predicted octanol–water partition coefficient (Wildman–Crippen LogP) is 7.54. The van der Waals surface area contributed by atoms with Crippen LogP contribution in [-0.2, 0) is 6.42 Å². The van der Waals surface area contributed by atoms with E-state index in [1.54, 1.807) is 6.20 Å². The van der Waals surface area contributed by atoms with Gasteiger partial charge in [-0.25, -0.2) is 0 Å². The quantitative estimate of drug-likeness (QED) is 0.227. The van der Waals surface area contributed by atoms with Gasteiger partial charge in [0.15, 0.2) is 5.78 Å². The lowest BCUT2D eigenvalue weighted by Gasteiger charge is -2.31.